The van der Waals surface area contributed by atoms with Crippen LogP contribution in [-0.2, 0) is 33.2 Å². The van der Waals surface area contributed by atoms with Gasteiger partial charge in [-0.05, 0) is 26.2 Å². The Labute approximate surface area is 482 Å². The second kappa shape index (κ2) is 45.0. The molecule has 0 spiro atoms. The van der Waals surface area contributed by atoms with Gasteiger partial charge in [-0.15, -0.1) is 0 Å². The van der Waals surface area contributed by atoms with Gasteiger partial charge < -0.3 is 84.8 Å². The summed E-state index contributed by atoms with van der Waals surface area (Å²) in [5.74, 6) is -0.268. The highest BCUT2D eigenvalue weighted by Gasteiger charge is 2.54. The number of nitrogens with one attached hydrogen (secondary N) is 1. The van der Waals surface area contributed by atoms with E-state index >= 15 is 0 Å². The summed E-state index contributed by atoms with van der Waals surface area (Å²) in [7, 11) is 0. The Morgan fingerprint density at radius 2 is 0.863 bits per heavy atom. The molecule has 3 fully saturated rings. The largest absolute Gasteiger partial charge is 0.394 e. The lowest BCUT2D eigenvalue weighted by atomic mass is 9.96. The van der Waals surface area contributed by atoms with Crippen LogP contribution in [-0.4, -0.2) is 181 Å². The molecule has 3 heterocycles. The van der Waals surface area contributed by atoms with Gasteiger partial charge in [0.2, 0.25) is 5.91 Å². The van der Waals surface area contributed by atoms with Crippen molar-refractivity contribution in [1.29, 1.82) is 0 Å². The first-order chi connectivity index (χ1) is 38.8. The highest BCUT2D eigenvalue weighted by Crippen LogP contribution is 2.33. The third-order valence-corrected chi connectivity index (χ3v) is 16.5. The summed E-state index contributed by atoms with van der Waals surface area (Å²) in [6.45, 7) is 3.98. The van der Waals surface area contributed by atoms with E-state index in [1.165, 1.54) is 180 Å². The SMILES string of the molecule is CCCCCCCCCCCCC/C=C/[C@@H](O)[C@H](CO[C@@H]1OC(CO)[C@@H](O[C@@H]2OC(CO)[C@H](O)[C@H](O)C2OC2O[C@@H](C)[C@H](O)C(O)[C@@H]2O)[C@H](O)C1O)NC(=O)CCCCCCCCCCCCCCCCCCCCCCCCC. The molecular formula is C62H117NO17. The molecule has 1 amide bonds. The van der Waals surface area contributed by atoms with E-state index in [0.717, 1.165) is 44.9 Å². The van der Waals surface area contributed by atoms with Crippen molar-refractivity contribution in [2.75, 3.05) is 19.8 Å². The standard InChI is InChI=1S/C62H117NO17/c1-4-6-8-10-12-14-16-18-19-20-21-22-23-24-25-26-27-29-31-33-35-37-39-41-50(67)63-46(47(66)40-38-36-34-32-30-28-17-15-13-11-9-7-5-2)44-75-60-57(74)55(72)58(49(43-65)78-60)79-62-59(54(71)52(69)48(42-64)77-62)80-61-56(73)53(70)51(68)45(3)76-61/h38,40,45-49,51-62,64-66,68-74H,4-37,39,41-44H2,1-3H3,(H,63,67)/b40-38+/t45-,46-,47+,48?,49?,51-,52-,53?,54-,55+,56-,57?,58+,59?,60+,61?,62-/m0/s1. The molecule has 18 heteroatoms. The Hall–Kier alpha value is -1.43. The Balaban J connectivity index is 1.47. The minimum atomic E-state index is -1.86. The van der Waals surface area contributed by atoms with E-state index in [0.29, 0.717) is 6.42 Å². The van der Waals surface area contributed by atoms with E-state index in [1.54, 1.807) is 6.08 Å². The van der Waals surface area contributed by atoms with E-state index in [4.69, 9.17) is 28.4 Å². The van der Waals surface area contributed by atoms with Gasteiger partial charge in [-0.3, -0.25) is 4.79 Å². The number of ether oxygens (including phenoxy) is 6. The van der Waals surface area contributed by atoms with Crippen LogP contribution >= 0.6 is 0 Å². The van der Waals surface area contributed by atoms with Crippen molar-refractivity contribution in [2.45, 2.75) is 356 Å². The van der Waals surface area contributed by atoms with Gasteiger partial charge in [0.1, 0.15) is 67.1 Å². The third kappa shape index (κ3) is 28.6. The van der Waals surface area contributed by atoms with Gasteiger partial charge in [0.25, 0.3) is 0 Å². The fourth-order valence-electron chi connectivity index (χ4n) is 11.2. The first-order valence-corrected chi connectivity index (χ1v) is 32.3. The fraction of sp³-hybridized carbons (Fsp3) is 0.952. The minimum absolute atomic E-state index is 0.252. The molecule has 0 aliphatic carbocycles. The fourth-order valence-corrected chi connectivity index (χ4v) is 11.2. The van der Waals surface area contributed by atoms with E-state index in [-0.39, 0.29) is 18.9 Å². The van der Waals surface area contributed by atoms with Crippen LogP contribution in [0, 0.1) is 0 Å². The van der Waals surface area contributed by atoms with Crippen molar-refractivity contribution in [3.05, 3.63) is 12.2 Å². The van der Waals surface area contributed by atoms with Crippen LogP contribution in [0.15, 0.2) is 12.2 Å². The molecule has 0 aromatic carbocycles. The average molecular weight is 1150 g/mol. The van der Waals surface area contributed by atoms with Crippen LogP contribution in [0.5, 0.6) is 0 Å². The molecule has 3 rings (SSSR count). The molecule has 17 atom stereocenters. The second-order valence-corrected chi connectivity index (χ2v) is 23.6. The van der Waals surface area contributed by atoms with Gasteiger partial charge in [-0.2, -0.15) is 0 Å². The first-order valence-electron chi connectivity index (χ1n) is 32.3. The number of hydrogen-bond donors (Lipinski definition) is 11. The summed E-state index contributed by atoms with van der Waals surface area (Å²) in [5.41, 5.74) is 0. The van der Waals surface area contributed by atoms with Crippen LogP contribution in [0.25, 0.3) is 0 Å². The molecule has 3 saturated heterocycles. The summed E-state index contributed by atoms with van der Waals surface area (Å²) in [4.78, 5) is 13.4. The van der Waals surface area contributed by atoms with Gasteiger partial charge >= 0.3 is 0 Å². The summed E-state index contributed by atoms with van der Waals surface area (Å²) >= 11 is 0. The van der Waals surface area contributed by atoms with Gasteiger partial charge in [0, 0.05) is 6.42 Å². The van der Waals surface area contributed by atoms with Gasteiger partial charge in [0.15, 0.2) is 18.9 Å². The van der Waals surface area contributed by atoms with E-state index in [1.807, 2.05) is 6.08 Å². The van der Waals surface area contributed by atoms with Crippen molar-refractivity contribution in [3.8, 4) is 0 Å². The predicted molar refractivity (Wildman–Crippen MR) is 308 cm³/mol. The minimum Gasteiger partial charge on any atom is -0.394 e. The zero-order valence-corrected chi connectivity index (χ0v) is 49.9. The number of carbonyl (C=O) groups is 1. The quantitative estimate of drug-likeness (QED) is 0.0203. The van der Waals surface area contributed by atoms with Crippen molar-refractivity contribution >= 4 is 5.91 Å². The average Bonchev–Trinajstić information content (AvgIpc) is 3.47. The topological polar surface area (TPSA) is 287 Å². The van der Waals surface area contributed by atoms with Crippen molar-refractivity contribution in [2.24, 2.45) is 0 Å². The maximum absolute atomic E-state index is 13.4. The van der Waals surface area contributed by atoms with E-state index in [9.17, 15) is 55.9 Å². The Morgan fingerprint density at radius 1 is 0.463 bits per heavy atom. The third-order valence-electron chi connectivity index (χ3n) is 16.5. The van der Waals surface area contributed by atoms with Crippen LogP contribution in [0.3, 0.4) is 0 Å². The number of aliphatic hydroxyl groups excluding tert-OH is 10. The number of allylic oxidation sites excluding steroid dienone is 1. The molecule has 0 aromatic heterocycles. The number of unbranched alkanes of at least 4 members (excludes halogenated alkanes) is 33. The van der Waals surface area contributed by atoms with Crippen LogP contribution < -0.4 is 5.32 Å². The van der Waals surface area contributed by atoms with Crippen LogP contribution in [0.1, 0.15) is 252 Å². The van der Waals surface area contributed by atoms with Crippen molar-refractivity contribution in [3.63, 3.8) is 0 Å². The van der Waals surface area contributed by atoms with E-state index in [2.05, 4.69) is 19.2 Å². The molecule has 3 aliphatic heterocycles. The number of hydrogen-bond acceptors (Lipinski definition) is 17. The second-order valence-electron chi connectivity index (χ2n) is 23.6. The Kier molecular flexibility index (Phi) is 40.9. The summed E-state index contributed by atoms with van der Waals surface area (Å²) in [6.07, 6.45) is 21.7. The Morgan fingerprint density at radius 3 is 1.32 bits per heavy atom. The molecule has 3 aliphatic rings. The summed E-state index contributed by atoms with van der Waals surface area (Å²) < 4.78 is 34.9. The molecule has 6 unspecified atom stereocenters. The Bertz CT molecular complexity index is 1520. The molecule has 0 saturated carbocycles. The molecule has 0 bridgehead atoms. The molecule has 18 nitrogen and oxygen atoms in total. The maximum atomic E-state index is 13.4. The monoisotopic (exact) mass is 1150 g/mol. The molecule has 0 radical (unpaired) electrons. The predicted octanol–water partition coefficient (Wildman–Crippen LogP) is 7.96. The highest BCUT2D eigenvalue weighted by atomic mass is 16.8. The first kappa shape index (κ1) is 72.8. The molecule has 80 heavy (non-hydrogen) atoms. The van der Waals surface area contributed by atoms with Crippen molar-refractivity contribution in [1.82, 2.24) is 5.32 Å². The van der Waals surface area contributed by atoms with Gasteiger partial charge in [-0.1, -0.05) is 231 Å². The molecule has 0 aromatic rings. The van der Waals surface area contributed by atoms with Crippen LogP contribution in [0.4, 0.5) is 0 Å². The van der Waals surface area contributed by atoms with E-state index < -0.39 is 117 Å². The van der Waals surface area contributed by atoms with Gasteiger partial charge in [0.05, 0.1) is 38.1 Å². The van der Waals surface area contributed by atoms with Crippen LogP contribution in [0.2, 0.25) is 0 Å². The summed E-state index contributed by atoms with van der Waals surface area (Å²) in [6, 6.07) is -0.966. The lowest BCUT2D eigenvalue weighted by Crippen LogP contribution is -2.66. The maximum Gasteiger partial charge on any atom is 0.220 e. The number of aliphatic hydroxyl groups is 10. The van der Waals surface area contributed by atoms with Crippen molar-refractivity contribution < 1.29 is 84.3 Å². The lowest BCUT2D eigenvalue weighted by Gasteiger charge is -2.48. The highest BCUT2D eigenvalue weighted by molar-refractivity contribution is 5.76. The normalized spacial score (nSPS) is 30.0. The zero-order chi connectivity index (χ0) is 58.3. The number of carbonyl (C=O) groups excluding carboxylic acids is 1. The number of rotatable bonds is 48. The number of amides is 1. The lowest BCUT2D eigenvalue weighted by molar-refractivity contribution is -0.387. The molecular weight excluding hydrogens is 1030 g/mol. The van der Waals surface area contributed by atoms with Gasteiger partial charge in [-0.25, -0.2) is 0 Å². The molecule has 472 valence electrons. The molecule has 11 N–H and O–H groups in total. The summed E-state index contributed by atoms with van der Waals surface area (Å²) in [5, 5.41) is 111. The smallest absolute Gasteiger partial charge is 0.220 e. The zero-order valence-electron chi connectivity index (χ0n) is 49.9.